The molecule has 2 rings (SSSR count). The molecule has 0 unspecified atom stereocenters. The van der Waals surface area contributed by atoms with E-state index in [1.807, 2.05) is 22.9 Å². The van der Waals surface area contributed by atoms with Crippen molar-refractivity contribution in [3.63, 3.8) is 0 Å². The minimum atomic E-state index is 0.523. The predicted octanol–water partition coefficient (Wildman–Crippen LogP) is 2.58. The Morgan fingerprint density at radius 3 is 2.73 bits per heavy atom. The van der Waals surface area contributed by atoms with Crippen LogP contribution in [-0.2, 0) is 0 Å². The number of aromatic nitrogens is 2. The van der Waals surface area contributed by atoms with Crippen molar-refractivity contribution in [2.45, 2.75) is 19.8 Å². The summed E-state index contributed by atoms with van der Waals surface area (Å²) in [6, 6.07) is 8.35. The third kappa shape index (κ3) is 1.86. The monoisotopic (exact) mass is 201 g/mol. The van der Waals surface area contributed by atoms with Crippen molar-refractivity contribution in [1.29, 1.82) is 0 Å². The van der Waals surface area contributed by atoms with Crippen LogP contribution in [0.2, 0.25) is 0 Å². The van der Waals surface area contributed by atoms with Gasteiger partial charge in [0.15, 0.2) is 0 Å². The number of imidazole rings is 1. The summed E-state index contributed by atoms with van der Waals surface area (Å²) in [5.74, 6) is 1.05. The van der Waals surface area contributed by atoms with Crippen LogP contribution in [0.5, 0.6) is 0 Å². The number of benzene rings is 1. The summed E-state index contributed by atoms with van der Waals surface area (Å²) in [6.45, 7) is 4.35. The topological polar surface area (TPSA) is 43.8 Å². The van der Waals surface area contributed by atoms with Crippen molar-refractivity contribution < 1.29 is 0 Å². The summed E-state index contributed by atoms with van der Waals surface area (Å²) >= 11 is 0. The van der Waals surface area contributed by atoms with Crippen LogP contribution in [-0.4, -0.2) is 9.55 Å². The van der Waals surface area contributed by atoms with Gasteiger partial charge in [0.1, 0.15) is 0 Å². The van der Waals surface area contributed by atoms with E-state index in [1.165, 1.54) is 5.56 Å². The normalized spacial score (nSPS) is 10.9. The number of rotatable bonds is 2. The minimum absolute atomic E-state index is 0.523. The molecule has 0 atom stereocenters. The first-order valence-electron chi connectivity index (χ1n) is 5.07. The van der Waals surface area contributed by atoms with Gasteiger partial charge in [0.2, 0.25) is 5.95 Å². The van der Waals surface area contributed by atoms with Crippen LogP contribution in [0, 0.1) is 0 Å². The second-order valence-electron chi connectivity index (χ2n) is 3.91. The van der Waals surface area contributed by atoms with Gasteiger partial charge in [-0.05, 0) is 23.6 Å². The second-order valence-corrected chi connectivity index (χ2v) is 3.91. The van der Waals surface area contributed by atoms with Gasteiger partial charge < -0.3 is 5.73 Å². The van der Waals surface area contributed by atoms with E-state index in [0.717, 1.165) is 5.69 Å². The Morgan fingerprint density at radius 1 is 1.33 bits per heavy atom. The molecule has 0 aliphatic carbocycles. The van der Waals surface area contributed by atoms with E-state index in [0.29, 0.717) is 11.9 Å². The van der Waals surface area contributed by atoms with Crippen molar-refractivity contribution >= 4 is 5.95 Å². The predicted molar refractivity (Wildman–Crippen MR) is 62.1 cm³/mol. The summed E-state index contributed by atoms with van der Waals surface area (Å²) in [4.78, 5) is 4.01. The largest absolute Gasteiger partial charge is 0.369 e. The fourth-order valence-electron chi connectivity index (χ4n) is 1.57. The summed E-state index contributed by atoms with van der Waals surface area (Å²) in [7, 11) is 0. The van der Waals surface area contributed by atoms with Crippen LogP contribution in [0.25, 0.3) is 5.69 Å². The highest BCUT2D eigenvalue weighted by Gasteiger charge is 2.03. The van der Waals surface area contributed by atoms with Gasteiger partial charge in [0, 0.05) is 18.1 Å². The van der Waals surface area contributed by atoms with Gasteiger partial charge in [-0.25, -0.2) is 4.98 Å². The fraction of sp³-hybridized carbons (Fsp3) is 0.250. The molecule has 78 valence electrons. The first kappa shape index (κ1) is 9.77. The first-order valence-corrected chi connectivity index (χ1v) is 5.07. The highest BCUT2D eigenvalue weighted by molar-refractivity contribution is 5.42. The number of nitrogens with two attached hydrogens (primary N) is 1. The maximum absolute atomic E-state index is 5.75. The van der Waals surface area contributed by atoms with Crippen LogP contribution >= 0.6 is 0 Å². The molecule has 1 heterocycles. The van der Waals surface area contributed by atoms with Gasteiger partial charge in [-0.1, -0.05) is 26.0 Å². The molecule has 0 saturated carbocycles. The maximum Gasteiger partial charge on any atom is 0.204 e. The minimum Gasteiger partial charge on any atom is -0.369 e. The molecule has 0 amide bonds. The van der Waals surface area contributed by atoms with Crippen LogP contribution in [0.1, 0.15) is 25.3 Å². The van der Waals surface area contributed by atoms with Gasteiger partial charge in [0.05, 0.1) is 0 Å². The summed E-state index contributed by atoms with van der Waals surface area (Å²) in [5, 5.41) is 0. The maximum atomic E-state index is 5.75. The SMILES string of the molecule is CC(C)c1cccc(-n2ccnc2N)c1. The highest BCUT2D eigenvalue weighted by Crippen LogP contribution is 2.19. The number of hydrogen-bond acceptors (Lipinski definition) is 2. The zero-order chi connectivity index (χ0) is 10.8. The Balaban J connectivity index is 2.46. The van der Waals surface area contributed by atoms with E-state index in [4.69, 9.17) is 5.73 Å². The van der Waals surface area contributed by atoms with Crippen LogP contribution in [0.3, 0.4) is 0 Å². The molecule has 0 spiro atoms. The van der Waals surface area contributed by atoms with Crippen molar-refractivity contribution in [3.8, 4) is 5.69 Å². The van der Waals surface area contributed by atoms with E-state index in [1.54, 1.807) is 6.20 Å². The Bertz CT molecular complexity index is 457. The molecule has 0 saturated heterocycles. The molecule has 2 aromatic rings. The zero-order valence-electron chi connectivity index (χ0n) is 9.01. The summed E-state index contributed by atoms with van der Waals surface area (Å²) in [5.41, 5.74) is 8.12. The second kappa shape index (κ2) is 3.77. The highest BCUT2D eigenvalue weighted by atomic mass is 15.1. The number of nitrogens with zero attached hydrogens (tertiary/aromatic N) is 2. The number of hydrogen-bond donors (Lipinski definition) is 1. The average molecular weight is 201 g/mol. The molecule has 15 heavy (non-hydrogen) atoms. The quantitative estimate of drug-likeness (QED) is 0.811. The Morgan fingerprint density at radius 2 is 2.13 bits per heavy atom. The molecule has 3 heteroatoms. The van der Waals surface area contributed by atoms with Crippen molar-refractivity contribution in [2.24, 2.45) is 0 Å². The zero-order valence-corrected chi connectivity index (χ0v) is 9.01. The summed E-state index contributed by atoms with van der Waals surface area (Å²) in [6.07, 6.45) is 3.58. The Hall–Kier alpha value is -1.77. The number of anilines is 1. The molecule has 2 N–H and O–H groups in total. The molecule has 3 nitrogen and oxygen atoms in total. The summed E-state index contributed by atoms with van der Waals surface area (Å²) < 4.78 is 1.88. The Labute approximate surface area is 89.6 Å². The smallest absolute Gasteiger partial charge is 0.204 e. The van der Waals surface area contributed by atoms with Crippen LogP contribution < -0.4 is 5.73 Å². The molecule has 1 aromatic carbocycles. The molecule has 0 fully saturated rings. The van der Waals surface area contributed by atoms with E-state index >= 15 is 0 Å². The molecule has 0 aliphatic heterocycles. The molecule has 0 aliphatic rings. The van der Waals surface area contributed by atoms with Gasteiger partial charge in [-0.2, -0.15) is 0 Å². The lowest BCUT2D eigenvalue weighted by atomic mass is 10.0. The van der Waals surface area contributed by atoms with Crippen molar-refractivity contribution in [3.05, 3.63) is 42.2 Å². The fourth-order valence-corrected chi connectivity index (χ4v) is 1.57. The standard InChI is InChI=1S/C12H15N3/c1-9(2)10-4-3-5-11(8-10)15-7-6-14-12(15)13/h3-9H,1-2H3,(H2,13,14). The van der Waals surface area contributed by atoms with Crippen molar-refractivity contribution in [2.75, 3.05) is 5.73 Å². The third-order valence-corrected chi connectivity index (χ3v) is 2.48. The molecule has 0 bridgehead atoms. The van der Waals surface area contributed by atoms with Gasteiger partial charge >= 0.3 is 0 Å². The van der Waals surface area contributed by atoms with Gasteiger partial charge in [-0.15, -0.1) is 0 Å². The Kier molecular flexibility index (Phi) is 2.46. The molecule has 1 aromatic heterocycles. The lowest BCUT2D eigenvalue weighted by Crippen LogP contribution is -2.00. The van der Waals surface area contributed by atoms with E-state index in [2.05, 4.69) is 31.0 Å². The molecule has 0 radical (unpaired) electrons. The van der Waals surface area contributed by atoms with E-state index in [-0.39, 0.29) is 0 Å². The van der Waals surface area contributed by atoms with Crippen molar-refractivity contribution in [1.82, 2.24) is 9.55 Å². The van der Waals surface area contributed by atoms with Crippen LogP contribution in [0.4, 0.5) is 5.95 Å². The van der Waals surface area contributed by atoms with Crippen LogP contribution in [0.15, 0.2) is 36.7 Å². The van der Waals surface area contributed by atoms with E-state index in [9.17, 15) is 0 Å². The third-order valence-electron chi connectivity index (χ3n) is 2.48. The van der Waals surface area contributed by atoms with Gasteiger partial charge in [-0.3, -0.25) is 4.57 Å². The average Bonchev–Trinajstić information content (AvgIpc) is 2.64. The molecular weight excluding hydrogens is 186 g/mol. The lowest BCUT2D eigenvalue weighted by molar-refractivity contribution is 0.863. The van der Waals surface area contributed by atoms with Gasteiger partial charge in [0.25, 0.3) is 0 Å². The molecular formula is C12H15N3. The van der Waals surface area contributed by atoms with E-state index < -0.39 is 0 Å². The number of nitrogen functional groups attached to an aromatic ring is 1. The lowest BCUT2D eigenvalue weighted by Gasteiger charge is -2.09. The first-order chi connectivity index (χ1) is 7.18.